The minimum Gasteiger partial charge on any atom is -0.382 e. The lowest BCUT2D eigenvalue weighted by molar-refractivity contribution is 0.0438. The third kappa shape index (κ3) is 5.25. The largest absolute Gasteiger partial charge is 0.382 e. The number of nitrogens with zero attached hydrogens (tertiary/aromatic N) is 1. The first kappa shape index (κ1) is 14.6. The minimum atomic E-state index is -3.55. The predicted molar refractivity (Wildman–Crippen MR) is 64.7 cm³/mol. The van der Waals surface area contributed by atoms with Crippen LogP contribution in [0.5, 0.6) is 0 Å². The van der Waals surface area contributed by atoms with Gasteiger partial charge in [0.15, 0.2) is 0 Å². The average Bonchev–Trinajstić information content (AvgIpc) is 2.35. The first-order chi connectivity index (χ1) is 8.57. The highest BCUT2D eigenvalue weighted by Gasteiger charge is 2.11. The topological polar surface area (TPSA) is 88.4 Å². The molecular formula is C11H14N2O4S. The number of rotatable bonds is 7. The number of ether oxygens (including phenoxy) is 1. The smallest absolute Gasteiger partial charge is 0.237 e. The van der Waals surface area contributed by atoms with Crippen molar-refractivity contribution < 1.29 is 18.0 Å². The van der Waals surface area contributed by atoms with Crippen LogP contribution < -0.4 is 4.89 Å². The second-order valence-corrected chi connectivity index (χ2v) is 5.18. The molecule has 0 aromatic heterocycles. The fraction of sp³-hybridized carbons (Fsp3) is 0.364. The van der Waals surface area contributed by atoms with E-state index in [9.17, 15) is 8.42 Å². The number of nitrogens with one attached hydrogen (secondary N) is 1. The molecule has 1 aromatic carbocycles. The first-order valence-corrected chi connectivity index (χ1v) is 6.82. The SMILES string of the molecule is COCCONS(=O)(=O)Cc1ccc(C#N)cc1. The average molecular weight is 270 g/mol. The molecule has 0 aliphatic rings. The van der Waals surface area contributed by atoms with E-state index in [2.05, 4.69) is 0 Å². The molecule has 0 saturated heterocycles. The fourth-order valence-corrected chi connectivity index (χ4v) is 2.13. The van der Waals surface area contributed by atoms with Gasteiger partial charge in [-0.05, 0) is 17.7 Å². The van der Waals surface area contributed by atoms with Gasteiger partial charge in [-0.3, -0.25) is 4.84 Å². The van der Waals surface area contributed by atoms with Crippen LogP contribution in [-0.4, -0.2) is 28.7 Å². The molecule has 0 heterocycles. The Labute approximate surface area is 106 Å². The molecule has 7 heteroatoms. The van der Waals surface area contributed by atoms with Crippen LogP contribution in [0.2, 0.25) is 0 Å². The van der Waals surface area contributed by atoms with Crippen molar-refractivity contribution in [3.63, 3.8) is 0 Å². The van der Waals surface area contributed by atoms with Crippen molar-refractivity contribution in [1.82, 2.24) is 4.89 Å². The molecule has 1 N–H and O–H groups in total. The van der Waals surface area contributed by atoms with E-state index in [-0.39, 0.29) is 12.4 Å². The van der Waals surface area contributed by atoms with Crippen molar-refractivity contribution in [2.75, 3.05) is 20.3 Å². The molecule has 0 saturated carbocycles. The number of benzene rings is 1. The van der Waals surface area contributed by atoms with Gasteiger partial charge < -0.3 is 4.74 Å². The Hall–Kier alpha value is -1.46. The van der Waals surface area contributed by atoms with E-state index < -0.39 is 10.0 Å². The second kappa shape index (κ2) is 7.08. The summed E-state index contributed by atoms with van der Waals surface area (Å²) in [6.45, 7) is 0.447. The van der Waals surface area contributed by atoms with Crippen molar-refractivity contribution in [2.24, 2.45) is 0 Å². The first-order valence-electron chi connectivity index (χ1n) is 5.16. The van der Waals surface area contributed by atoms with Gasteiger partial charge >= 0.3 is 0 Å². The summed E-state index contributed by atoms with van der Waals surface area (Å²) in [6.07, 6.45) is 0. The Morgan fingerprint density at radius 2 is 1.94 bits per heavy atom. The van der Waals surface area contributed by atoms with E-state index >= 15 is 0 Å². The van der Waals surface area contributed by atoms with Gasteiger partial charge in [0, 0.05) is 7.11 Å². The van der Waals surface area contributed by atoms with Crippen LogP contribution in [0, 0.1) is 11.3 Å². The Balaban J connectivity index is 2.51. The number of nitriles is 1. The van der Waals surface area contributed by atoms with Gasteiger partial charge in [-0.15, -0.1) is 0 Å². The highest BCUT2D eigenvalue weighted by atomic mass is 32.2. The molecule has 0 spiro atoms. The Morgan fingerprint density at radius 1 is 1.28 bits per heavy atom. The van der Waals surface area contributed by atoms with Gasteiger partial charge in [-0.25, -0.2) is 8.42 Å². The zero-order chi connectivity index (χ0) is 13.4. The molecule has 18 heavy (non-hydrogen) atoms. The standard InChI is InChI=1S/C11H14N2O4S/c1-16-6-7-17-13-18(14,15)9-11-4-2-10(8-12)3-5-11/h2-5,13H,6-7,9H2,1H3. The lowest BCUT2D eigenvalue weighted by atomic mass is 10.2. The minimum absolute atomic E-state index is 0.142. The van der Waals surface area contributed by atoms with E-state index in [4.69, 9.17) is 14.8 Å². The second-order valence-electron chi connectivity index (χ2n) is 3.49. The lowest BCUT2D eigenvalue weighted by Crippen LogP contribution is -2.26. The maximum absolute atomic E-state index is 11.6. The molecule has 98 valence electrons. The van der Waals surface area contributed by atoms with E-state index in [0.29, 0.717) is 17.7 Å². The summed E-state index contributed by atoms with van der Waals surface area (Å²) in [7, 11) is -2.05. The number of hydrogen-bond donors (Lipinski definition) is 1. The van der Waals surface area contributed by atoms with Crippen LogP contribution >= 0.6 is 0 Å². The van der Waals surface area contributed by atoms with Gasteiger partial charge in [-0.2, -0.15) is 5.26 Å². The summed E-state index contributed by atoms with van der Waals surface area (Å²) in [5.41, 5.74) is 1.07. The predicted octanol–water partition coefficient (Wildman–Crippen LogP) is 0.556. The monoisotopic (exact) mass is 270 g/mol. The van der Waals surface area contributed by atoms with E-state index in [1.54, 1.807) is 24.3 Å². The Morgan fingerprint density at radius 3 is 2.50 bits per heavy atom. The van der Waals surface area contributed by atoms with Gasteiger partial charge in [0.1, 0.15) is 0 Å². The van der Waals surface area contributed by atoms with Gasteiger partial charge in [0.25, 0.3) is 0 Å². The van der Waals surface area contributed by atoms with Crippen molar-refractivity contribution in [1.29, 1.82) is 5.26 Å². The summed E-state index contributed by atoms with van der Waals surface area (Å²) in [6, 6.07) is 8.27. The maximum atomic E-state index is 11.6. The Bertz CT molecular complexity index is 505. The normalized spacial score (nSPS) is 11.1. The van der Waals surface area contributed by atoms with Crippen LogP contribution in [0.4, 0.5) is 0 Å². The van der Waals surface area contributed by atoms with Crippen molar-refractivity contribution in [3.05, 3.63) is 35.4 Å². The zero-order valence-electron chi connectivity index (χ0n) is 9.92. The Kier molecular flexibility index (Phi) is 5.74. The molecule has 0 aliphatic heterocycles. The van der Waals surface area contributed by atoms with Crippen LogP contribution in [0.25, 0.3) is 0 Å². The van der Waals surface area contributed by atoms with Crippen LogP contribution in [-0.2, 0) is 25.4 Å². The third-order valence-corrected chi connectivity index (χ3v) is 3.10. The van der Waals surface area contributed by atoms with Crippen LogP contribution in [0.15, 0.2) is 24.3 Å². The van der Waals surface area contributed by atoms with E-state index in [1.807, 2.05) is 11.0 Å². The van der Waals surface area contributed by atoms with Gasteiger partial charge in [-0.1, -0.05) is 17.0 Å². The summed E-state index contributed by atoms with van der Waals surface area (Å²) in [4.78, 5) is 6.74. The molecule has 0 fully saturated rings. The van der Waals surface area contributed by atoms with Crippen LogP contribution in [0.1, 0.15) is 11.1 Å². The van der Waals surface area contributed by atoms with Gasteiger partial charge in [0.2, 0.25) is 10.0 Å². The molecule has 0 radical (unpaired) electrons. The molecular weight excluding hydrogens is 256 g/mol. The van der Waals surface area contributed by atoms with Crippen molar-refractivity contribution in [2.45, 2.75) is 5.75 Å². The van der Waals surface area contributed by atoms with E-state index in [0.717, 1.165) is 0 Å². The number of sulfonamides is 1. The fourth-order valence-electron chi connectivity index (χ4n) is 1.18. The maximum Gasteiger partial charge on any atom is 0.237 e. The summed E-state index contributed by atoms with van der Waals surface area (Å²) < 4.78 is 27.9. The third-order valence-electron chi connectivity index (χ3n) is 2.02. The summed E-state index contributed by atoms with van der Waals surface area (Å²) in [5.74, 6) is -0.203. The number of methoxy groups -OCH3 is 1. The molecule has 0 amide bonds. The zero-order valence-corrected chi connectivity index (χ0v) is 10.7. The molecule has 1 aromatic rings. The van der Waals surface area contributed by atoms with E-state index in [1.165, 1.54) is 7.11 Å². The lowest BCUT2D eigenvalue weighted by Gasteiger charge is -2.06. The molecule has 1 rings (SSSR count). The quantitative estimate of drug-likeness (QED) is 0.577. The summed E-state index contributed by atoms with van der Waals surface area (Å²) >= 11 is 0. The van der Waals surface area contributed by atoms with Crippen LogP contribution in [0.3, 0.4) is 0 Å². The molecule has 6 nitrogen and oxygen atoms in total. The summed E-state index contributed by atoms with van der Waals surface area (Å²) in [5, 5.41) is 8.62. The number of hydrogen-bond acceptors (Lipinski definition) is 5. The highest BCUT2D eigenvalue weighted by molar-refractivity contribution is 7.88. The molecule has 0 bridgehead atoms. The van der Waals surface area contributed by atoms with Crippen molar-refractivity contribution >= 4 is 10.0 Å². The highest BCUT2D eigenvalue weighted by Crippen LogP contribution is 2.07. The molecule has 0 unspecified atom stereocenters. The molecule has 0 atom stereocenters. The van der Waals surface area contributed by atoms with Gasteiger partial charge in [0.05, 0.1) is 30.6 Å². The van der Waals surface area contributed by atoms with Crippen molar-refractivity contribution in [3.8, 4) is 6.07 Å². The molecule has 0 aliphatic carbocycles.